The van der Waals surface area contributed by atoms with E-state index in [9.17, 15) is 0 Å². The fourth-order valence-corrected chi connectivity index (χ4v) is 3.13. The zero-order valence-corrected chi connectivity index (χ0v) is 14.1. The van der Waals surface area contributed by atoms with Crippen LogP contribution in [0.5, 0.6) is 0 Å². The molecule has 0 saturated heterocycles. The van der Waals surface area contributed by atoms with E-state index in [-0.39, 0.29) is 0 Å². The van der Waals surface area contributed by atoms with Crippen LogP contribution in [0.3, 0.4) is 0 Å². The Kier molecular flexibility index (Phi) is 7.91. The lowest BCUT2D eigenvalue weighted by Gasteiger charge is -2.27. The minimum absolute atomic E-state index is 0.499. The van der Waals surface area contributed by atoms with Crippen molar-refractivity contribution in [2.75, 3.05) is 7.05 Å². The second kappa shape index (κ2) is 9.18. The Hall–Kier alpha value is -0.820. The number of benzene rings is 1. The van der Waals surface area contributed by atoms with Crippen LogP contribution in [0.2, 0.25) is 0 Å². The summed E-state index contributed by atoms with van der Waals surface area (Å²) in [6, 6.07) is 9.70. The molecule has 0 aliphatic carbocycles. The molecule has 20 heavy (non-hydrogen) atoms. The summed E-state index contributed by atoms with van der Waals surface area (Å²) >= 11 is 0. The van der Waals surface area contributed by atoms with E-state index in [4.69, 9.17) is 0 Å². The van der Waals surface area contributed by atoms with Crippen molar-refractivity contribution >= 4 is 0 Å². The first kappa shape index (κ1) is 17.2. The Morgan fingerprint density at radius 1 is 1.15 bits per heavy atom. The van der Waals surface area contributed by atoms with Crippen LogP contribution in [0.1, 0.15) is 70.5 Å². The number of rotatable bonds is 9. The smallest absolute Gasteiger partial charge is 0.0346 e. The number of hydrogen-bond donors (Lipinski definition) is 1. The van der Waals surface area contributed by atoms with Gasteiger partial charge in [-0.2, -0.15) is 0 Å². The van der Waals surface area contributed by atoms with E-state index in [1.165, 1.54) is 43.2 Å². The van der Waals surface area contributed by atoms with Gasteiger partial charge in [-0.1, -0.05) is 71.2 Å². The molecule has 2 unspecified atom stereocenters. The summed E-state index contributed by atoms with van der Waals surface area (Å²) in [7, 11) is 2.11. The summed E-state index contributed by atoms with van der Waals surface area (Å²) in [4.78, 5) is 0. The second-order valence-corrected chi connectivity index (χ2v) is 6.42. The molecule has 1 heteroatoms. The second-order valence-electron chi connectivity index (χ2n) is 6.42. The Morgan fingerprint density at radius 3 is 2.45 bits per heavy atom. The van der Waals surface area contributed by atoms with Crippen LogP contribution in [-0.4, -0.2) is 7.05 Å². The van der Waals surface area contributed by atoms with Crippen LogP contribution in [0, 0.1) is 11.8 Å². The van der Waals surface area contributed by atoms with Crippen molar-refractivity contribution < 1.29 is 0 Å². The highest BCUT2D eigenvalue weighted by Crippen LogP contribution is 2.29. The van der Waals surface area contributed by atoms with Gasteiger partial charge in [-0.15, -0.1) is 0 Å². The van der Waals surface area contributed by atoms with Crippen molar-refractivity contribution in [2.45, 2.75) is 65.8 Å². The van der Waals surface area contributed by atoms with Crippen LogP contribution < -0.4 is 5.32 Å². The van der Waals surface area contributed by atoms with Gasteiger partial charge in [-0.05, 0) is 42.9 Å². The van der Waals surface area contributed by atoms with Crippen molar-refractivity contribution in [3.05, 3.63) is 35.4 Å². The van der Waals surface area contributed by atoms with Crippen LogP contribution in [0.4, 0.5) is 0 Å². The molecular formula is C19H33N. The molecule has 0 aliphatic rings. The Bertz CT molecular complexity index is 370. The lowest BCUT2D eigenvalue weighted by Crippen LogP contribution is -2.25. The van der Waals surface area contributed by atoms with Gasteiger partial charge in [-0.3, -0.25) is 0 Å². The lowest BCUT2D eigenvalue weighted by molar-refractivity contribution is 0.339. The third-order valence-electron chi connectivity index (χ3n) is 4.19. The molecule has 1 aromatic rings. The first-order valence-electron chi connectivity index (χ1n) is 8.38. The van der Waals surface area contributed by atoms with Crippen molar-refractivity contribution in [1.82, 2.24) is 5.32 Å². The number of unbranched alkanes of at least 4 members (excludes halogenated alkanes) is 1. The molecule has 0 radical (unpaired) electrons. The topological polar surface area (TPSA) is 12.0 Å². The van der Waals surface area contributed by atoms with E-state index >= 15 is 0 Å². The minimum Gasteiger partial charge on any atom is -0.313 e. The van der Waals surface area contributed by atoms with Crippen molar-refractivity contribution in [2.24, 2.45) is 11.8 Å². The zero-order valence-electron chi connectivity index (χ0n) is 14.1. The minimum atomic E-state index is 0.499. The van der Waals surface area contributed by atoms with Gasteiger partial charge in [0.25, 0.3) is 0 Å². The van der Waals surface area contributed by atoms with Crippen LogP contribution >= 0.6 is 0 Å². The summed E-state index contributed by atoms with van der Waals surface area (Å²) in [5.74, 6) is 1.47. The van der Waals surface area contributed by atoms with Gasteiger partial charge in [0.2, 0.25) is 0 Å². The molecule has 0 amide bonds. The van der Waals surface area contributed by atoms with Gasteiger partial charge in [0.15, 0.2) is 0 Å². The highest BCUT2D eigenvalue weighted by atomic mass is 14.9. The Morgan fingerprint density at radius 2 is 1.90 bits per heavy atom. The quantitative estimate of drug-likeness (QED) is 0.639. The van der Waals surface area contributed by atoms with E-state index in [0.717, 1.165) is 11.8 Å². The maximum atomic E-state index is 3.56. The molecule has 114 valence electrons. The maximum Gasteiger partial charge on any atom is 0.0346 e. The van der Waals surface area contributed by atoms with E-state index in [0.29, 0.717) is 6.04 Å². The van der Waals surface area contributed by atoms with Gasteiger partial charge in [-0.25, -0.2) is 0 Å². The summed E-state index contributed by atoms with van der Waals surface area (Å²) < 4.78 is 0. The van der Waals surface area contributed by atoms with E-state index in [2.05, 4.69) is 64.3 Å². The molecule has 1 aromatic carbocycles. The zero-order chi connectivity index (χ0) is 15.0. The largest absolute Gasteiger partial charge is 0.313 e. The highest BCUT2D eigenvalue weighted by molar-refractivity contribution is 5.27. The van der Waals surface area contributed by atoms with Gasteiger partial charge >= 0.3 is 0 Å². The first-order chi connectivity index (χ1) is 9.62. The van der Waals surface area contributed by atoms with E-state index in [1.807, 2.05) is 0 Å². The normalized spacial score (nSPS) is 14.5. The molecule has 0 aliphatic heterocycles. The van der Waals surface area contributed by atoms with Gasteiger partial charge in [0, 0.05) is 6.04 Å². The fraction of sp³-hybridized carbons (Fsp3) is 0.684. The van der Waals surface area contributed by atoms with Crippen LogP contribution in [0.15, 0.2) is 24.3 Å². The summed E-state index contributed by atoms with van der Waals surface area (Å²) in [5, 5.41) is 3.56. The molecule has 1 rings (SSSR count). The number of nitrogens with one attached hydrogen (secondary N) is 1. The summed E-state index contributed by atoms with van der Waals surface area (Å²) in [5.41, 5.74) is 2.94. The predicted molar refractivity (Wildman–Crippen MR) is 90.1 cm³/mol. The third kappa shape index (κ3) is 5.28. The maximum absolute atomic E-state index is 3.56. The average Bonchev–Trinajstić information content (AvgIpc) is 2.43. The van der Waals surface area contributed by atoms with E-state index in [1.54, 1.807) is 0 Å². The van der Waals surface area contributed by atoms with Crippen LogP contribution in [-0.2, 0) is 6.42 Å². The molecule has 0 heterocycles. The summed E-state index contributed by atoms with van der Waals surface area (Å²) in [6.45, 7) is 9.18. The third-order valence-corrected chi connectivity index (χ3v) is 4.19. The average molecular weight is 275 g/mol. The Labute approximate surface area is 126 Å². The predicted octanol–water partition coefficient (Wildman–Crippen LogP) is 5.36. The molecule has 0 aromatic heterocycles. The molecule has 1 N–H and O–H groups in total. The first-order valence-corrected chi connectivity index (χ1v) is 8.38. The molecular weight excluding hydrogens is 242 g/mol. The molecule has 2 atom stereocenters. The molecule has 1 nitrogen and oxygen atoms in total. The SMILES string of the molecule is CCCCC(CC)C(NC)c1cccc(CC(C)C)c1. The Balaban J connectivity index is 2.86. The fourth-order valence-electron chi connectivity index (χ4n) is 3.13. The van der Waals surface area contributed by atoms with Gasteiger partial charge in [0.1, 0.15) is 0 Å². The van der Waals surface area contributed by atoms with E-state index < -0.39 is 0 Å². The number of hydrogen-bond acceptors (Lipinski definition) is 1. The molecule has 0 bridgehead atoms. The molecule has 0 saturated carbocycles. The van der Waals surface area contributed by atoms with Crippen molar-refractivity contribution in [1.29, 1.82) is 0 Å². The highest BCUT2D eigenvalue weighted by Gasteiger charge is 2.19. The van der Waals surface area contributed by atoms with Crippen molar-refractivity contribution in [3.63, 3.8) is 0 Å². The van der Waals surface area contributed by atoms with Crippen LogP contribution in [0.25, 0.3) is 0 Å². The van der Waals surface area contributed by atoms with Gasteiger partial charge < -0.3 is 5.32 Å². The summed E-state index contributed by atoms with van der Waals surface area (Å²) in [6.07, 6.45) is 6.38. The molecule has 0 fully saturated rings. The van der Waals surface area contributed by atoms with Crippen molar-refractivity contribution in [3.8, 4) is 0 Å². The monoisotopic (exact) mass is 275 g/mol. The molecule has 0 spiro atoms. The van der Waals surface area contributed by atoms with Gasteiger partial charge in [0.05, 0.1) is 0 Å². The standard InChI is InChI=1S/C19H33N/c1-6-8-11-17(7-2)19(20-5)18-12-9-10-16(14-18)13-15(3)4/h9-10,12,14-15,17,19-20H,6-8,11,13H2,1-5H3. The lowest BCUT2D eigenvalue weighted by atomic mass is 9.86.